The maximum atomic E-state index is 12.8. The molecule has 1 rings (SSSR count). The van der Waals surface area contributed by atoms with E-state index in [0.717, 1.165) is 0 Å². The lowest BCUT2D eigenvalue weighted by Crippen LogP contribution is -2.14. The molecule has 0 aliphatic heterocycles. The van der Waals surface area contributed by atoms with Crippen molar-refractivity contribution in [2.24, 2.45) is 0 Å². The van der Waals surface area contributed by atoms with Crippen LogP contribution in [-0.4, -0.2) is 27.1 Å². The summed E-state index contributed by atoms with van der Waals surface area (Å²) in [5.41, 5.74) is -2.31. The molecule has 0 atom stereocenters. The summed E-state index contributed by atoms with van der Waals surface area (Å²) in [6, 6.07) is 0. The summed E-state index contributed by atoms with van der Waals surface area (Å²) in [6.45, 7) is 0. The topological polar surface area (TPSA) is 87.5 Å². The zero-order valence-electron chi connectivity index (χ0n) is 6.49. The van der Waals surface area contributed by atoms with Crippen LogP contribution in [0.25, 0.3) is 0 Å². The maximum Gasteiger partial charge on any atom is 0.355 e. The van der Waals surface area contributed by atoms with Gasteiger partial charge in [0.05, 0.1) is 6.20 Å². The molecule has 1 heterocycles. The number of hydrogen-bond donors (Lipinski definition) is 2. The Balaban J connectivity index is 3.53. The zero-order chi connectivity index (χ0) is 10.9. The lowest BCUT2D eigenvalue weighted by atomic mass is 10.2. The van der Waals surface area contributed by atoms with E-state index in [-0.39, 0.29) is 0 Å². The summed E-state index contributed by atoms with van der Waals surface area (Å²) in [5.74, 6) is -6.86. The average molecular weight is 203 g/mol. The Hall–Kier alpha value is -2.05. The first kappa shape index (κ1) is 10.0. The highest BCUT2D eigenvalue weighted by atomic mass is 19.2. The Morgan fingerprint density at radius 2 is 1.79 bits per heavy atom. The Morgan fingerprint density at radius 3 is 2.21 bits per heavy atom. The summed E-state index contributed by atoms with van der Waals surface area (Å²) in [7, 11) is 0. The van der Waals surface area contributed by atoms with Crippen LogP contribution < -0.4 is 0 Å². The first-order valence-electron chi connectivity index (χ1n) is 3.25. The number of aromatic nitrogens is 1. The molecule has 0 amide bonds. The molecule has 0 spiro atoms. The van der Waals surface area contributed by atoms with Gasteiger partial charge in [-0.15, -0.1) is 0 Å². The first-order chi connectivity index (χ1) is 6.45. The monoisotopic (exact) mass is 203 g/mol. The Labute approximate surface area is 75.6 Å². The maximum absolute atomic E-state index is 12.8. The molecule has 1 aromatic heterocycles. The molecule has 74 valence electrons. The molecule has 5 nitrogen and oxygen atoms in total. The summed E-state index contributed by atoms with van der Waals surface area (Å²) in [6.07, 6.45) is 0.311. The summed E-state index contributed by atoms with van der Waals surface area (Å²) in [5, 5.41) is 16.8. The van der Waals surface area contributed by atoms with Crippen molar-refractivity contribution in [2.75, 3.05) is 0 Å². The van der Waals surface area contributed by atoms with E-state index < -0.39 is 34.8 Å². The van der Waals surface area contributed by atoms with Crippen molar-refractivity contribution < 1.29 is 28.6 Å². The quantitative estimate of drug-likeness (QED) is 0.740. The molecular formula is C7H3F2NO4. The highest BCUT2D eigenvalue weighted by Gasteiger charge is 2.24. The first-order valence-corrected chi connectivity index (χ1v) is 3.25. The van der Waals surface area contributed by atoms with Crippen LogP contribution >= 0.6 is 0 Å². The van der Waals surface area contributed by atoms with E-state index in [1.807, 2.05) is 0 Å². The van der Waals surface area contributed by atoms with Gasteiger partial charge >= 0.3 is 11.9 Å². The van der Waals surface area contributed by atoms with Crippen molar-refractivity contribution in [1.29, 1.82) is 0 Å². The van der Waals surface area contributed by atoms with Crippen molar-refractivity contribution >= 4 is 11.9 Å². The van der Waals surface area contributed by atoms with Crippen molar-refractivity contribution in [2.45, 2.75) is 0 Å². The van der Waals surface area contributed by atoms with Gasteiger partial charge in [-0.2, -0.15) is 0 Å². The Morgan fingerprint density at radius 1 is 1.21 bits per heavy atom. The van der Waals surface area contributed by atoms with Crippen LogP contribution in [0.4, 0.5) is 8.78 Å². The van der Waals surface area contributed by atoms with Gasteiger partial charge in [-0.25, -0.2) is 23.4 Å². The minimum absolute atomic E-state index is 0.311. The third-order valence-corrected chi connectivity index (χ3v) is 1.39. The van der Waals surface area contributed by atoms with Gasteiger partial charge in [-0.05, 0) is 0 Å². The number of carboxylic acid groups (broad SMARTS) is 2. The number of hydrogen-bond acceptors (Lipinski definition) is 3. The lowest BCUT2D eigenvalue weighted by molar-refractivity contribution is 0.0640. The minimum Gasteiger partial charge on any atom is -0.478 e. The molecule has 0 saturated carbocycles. The van der Waals surface area contributed by atoms with E-state index in [1.165, 1.54) is 0 Å². The predicted molar refractivity (Wildman–Crippen MR) is 38.1 cm³/mol. The van der Waals surface area contributed by atoms with E-state index in [9.17, 15) is 18.4 Å². The van der Waals surface area contributed by atoms with E-state index >= 15 is 0 Å². The summed E-state index contributed by atoms with van der Waals surface area (Å²) >= 11 is 0. The third-order valence-electron chi connectivity index (χ3n) is 1.39. The van der Waals surface area contributed by atoms with Gasteiger partial charge in [0.25, 0.3) is 0 Å². The van der Waals surface area contributed by atoms with Crippen molar-refractivity contribution in [1.82, 2.24) is 4.98 Å². The third kappa shape index (κ3) is 1.51. The van der Waals surface area contributed by atoms with Gasteiger partial charge in [0.2, 0.25) is 0 Å². The molecular weight excluding hydrogens is 200 g/mol. The van der Waals surface area contributed by atoms with Crippen LogP contribution in [0, 0.1) is 11.6 Å². The zero-order valence-corrected chi connectivity index (χ0v) is 6.49. The van der Waals surface area contributed by atoms with Crippen LogP contribution in [-0.2, 0) is 0 Å². The molecule has 0 radical (unpaired) electrons. The highest BCUT2D eigenvalue weighted by molar-refractivity contribution is 6.00. The second-order valence-corrected chi connectivity index (χ2v) is 2.25. The van der Waals surface area contributed by atoms with Crippen LogP contribution in [0.3, 0.4) is 0 Å². The van der Waals surface area contributed by atoms with Gasteiger partial charge in [-0.1, -0.05) is 0 Å². The largest absolute Gasteiger partial charge is 0.478 e. The van der Waals surface area contributed by atoms with E-state index in [4.69, 9.17) is 10.2 Å². The number of rotatable bonds is 2. The van der Waals surface area contributed by atoms with Gasteiger partial charge in [-0.3, -0.25) is 0 Å². The normalized spacial score (nSPS) is 9.86. The molecule has 0 aliphatic carbocycles. The molecule has 0 aromatic carbocycles. The van der Waals surface area contributed by atoms with Crippen molar-refractivity contribution in [3.8, 4) is 0 Å². The molecule has 7 heteroatoms. The number of carboxylic acids is 2. The second kappa shape index (κ2) is 3.36. The molecule has 0 saturated heterocycles. The van der Waals surface area contributed by atoms with E-state index in [2.05, 4.69) is 4.98 Å². The fourth-order valence-corrected chi connectivity index (χ4v) is 0.823. The fraction of sp³-hybridized carbons (Fsp3) is 0. The minimum atomic E-state index is -1.88. The number of nitrogens with zero attached hydrogens (tertiary/aromatic N) is 1. The van der Waals surface area contributed by atoms with Gasteiger partial charge in [0, 0.05) is 0 Å². The number of aromatic carboxylic acids is 2. The van der Waals surface area contributed by atoms with Crippen LogP contribution in [0.5, 0.6) is 0 Å². The smallest absolute Gasteiger partial charge is 0.355 e. The van der Waals surface area contributed by atoms with Crippen molar-refractivity contribution in [3.05, 3.63) is 29.1 Å². The molecule has 0 aliphatic rings. The molecule has 14 heavy (non-hydrogen) atoms. The van der Waals surface area contributed by atoms with E-state index in [0.29, 0.717) is 6.20 Å². The summed E-state index contributed by atoms with van der Waals surface area (Å²) < 4.78 is 25.3. The van der Waals surface area contributed by atoms with Crippen LogP contribution in [0.15, 0.2) is 6.20 Å². The lowest BCUT2D eigenvalue weighted by Gasteiger charge is -2.01. The van der Waals surface area contributed by atoms with Crippen molar-refractivity contribution in [3.63, 3.8) is 0 Å². The summed E-state index contributed by atoms with van der Waals surface area (Å²) in [4.78, 5) is 23.7. The van der Waals surface area contributed by atoms with Gasteiger partial charge in [0.1, 0.15) is 5.56 Å². The average Bonchev–Trinajstić information content (AvgIpc) is 2.08. The van der Waals surface area contributed by atoms with E-state index in [1.54, 1.807) is 0 Å². The number of halogens is 2. The standard InChI is InChI=1S/C7H3F2NO4/c8-2-1-10-5(7(13)14)3(4(2)9)6(11)12/h1H,(H,11,12)(H,13,14). The van der Waals surface area contributed by atoms with Gasteiger partial charge < -0.3 is 10.2 Å². The highest BCUT2D eigenvalue weighted by Crippen LogP contribution is 2.14. The Kier molecular flexibility index (Phi) is 2.41. The molecule has 0 unspecified atom stereocenters. The number of carbonyl (C=O) groups is 2. The van der Waals surface area contributed by atoms with Crippen LogP contribution in [0.1, 0.15) is 20.8 Å². The molecule has 2 N–H and O–H groups in total. The molecule has 1 aromatic rings. The van der Waals surface area contributed by atoms with Crippen LogP contribution in [0.2, 0.25) is 0 Å². The predicted octanol–water partition coefficient (Wildman–Crippen LogP) is 0.756. The number of pyridine rings is 1. The fourth-order valence-electron chi connectivity index (χ4n) is 0.823. The molecule has 0 fully saturated rings. The van der Waals surface area contributed by atoms with Gasteiger partial charge in [0.15, 0.2) is 17.3 Å². The second-order valence-electron chi connectivity index (χ2n) is 2.25. The Bertz CT molecular complexity index is 418. The molecule has 0 bridgehead atoms. The SMILES string of the molecule is O=C(O)c1ncc(F)c(F)c1C(=O)O.